The molecule has 0 spiro atoms. The first-order valence-corrected chi connectivity index (χ1v) is 9.11. The summed E-state index contributed by atoms with van der Waals surface area (Å²) in [5.41, 5.74) is 1.93. The Bertz CT molecular complexity index is 916. The minimum Gasteiger partial charge on any atom is -0.294 e. The molecule has 1 aliphatic rings. The molecule has 3 aromatic rings. The molecule has 1 nitrogen and oxygen atoms in total. The van der Waals surface area contributed by atoms with E-state index in [0.29, 0.717) is 13.1 Å². The van der Waals surface area contributed by atoms with Crippen LogP contribution in [0.2, 0.25) is 0 Å². The van der Waals surface area contributed by atoms with Crippen molar-refractivity contribution in [3.8, 4) is 0 Å². The Balaban J connectivity index is 1.98. The van der Waals surface area contributed by atoms with Crippen LogP contribution in [0.1, 0.15) is 31.0 Å². The van der Waals surface area contributed by atoms with Gasteiger partial charge in [-0.2, -0.15) is 0 Å². The molecule has 0 amide bonds. The molecule has 4 rings (SSSR count). The predicted octanol–water partition coefficient (Wildman–Crippen LogP) is 5.61. The molecular formula is C22H23F2N. The van der Waals surface area contributed by atoms with Crippen LogP contribution in [-0.2, 0) is 6.42 Å². The summed E-state index contributed by atoms with van der Waals surface area (Å²) in [4.78, 5) is 2.03. The van der Waals surface area contributed by atoms with Crippen LogP contribution in [0.25, 0.3) is 21.5 Å². The Morgan fingerprint density at radius 2 is 1.60 bits per heavy atom. The molecule has 0 aliphatic heterocycles. The summed E-state index contributed by atoms with van der Waals surface area (Å²) in [5.74, 6) is 0. The molecule has 3 unspecified atom stereocenters. The van der Waals surface area contributed by atoms with Crippen LogP contribution in [0.5, 0.6) is 0 Å². The van der Waals surface area contributed by atoms with Crippen molar-refractivity contribution >= 4 is 21.5 Å². The minimum absolute atomic E-state index is 0.157. The van der Waals surface area contributed by atoms with E-state index in [4.69, 9.17) is 0 Å². The van der Waals surface area contributed by atoms with Crippen LogP contribution in [0.3, 0.4) is 0 Å². The van der Waals surface area contributed by atoms with Gasteiger partial charge in [-0.1, -0.05) is 62.4 Å². The average molecular weight is 339 g/mol. The summed E-state index contributed by atoms with van der Waals surface area (Å²) < 4.78 is 29.4. The van der Waals surface area contributed by atoms with Gasteiger partial charge < -0.3 is 0 Å². The van der Waals surface area contributed by atoms with Crippen molar-refractivity contribution in [2.75, 3.05) is 13.1 Å². The summed E-state index contributed by atoms with van der Waals surface area (Å²) in [6.45, 7) is 5.44. The van der Waals surface area contributed by atoms with Crippen molar-refractivity contribution in [3.63, 3.8) is 0 Å². The topological polar surface area (TPSA) is 3.24 Å². The highest BCUT2D eigenvalue weighted by Gasteiger charge is 2.40. The van der Waals surface area contributed by atoms with Crippen LogP contribution in [-0.4, -0.2) is 30.3 Å². The second-order valence-electron chi connectivity index (χ2n) is 6.85. The Hall–Kier alpha value is -2.00. The molecule has 0 saturated carbocycles. The summed E-state index contributed by atoms with van der Waals surface area (Å²) in [6, 6.07) is 16.0. The van der Waals surface area contributed by atoms with Crippen molar-refractivity contribution in [2.45, 2.75) is 38.7 Å². The first-order chi connectivity index (χ1) is 12.2. The maximum absolute atomic E-state index is 14.8. The van der Waals surface area contributed by atoms with Gasteiger partial charge in [-0.25, -0.2) is 8.78 Å². The SMILES string of the molecule is CCN(CC)C1c2ccc3c(ccc4ccccc43)c2CC(F)C1F. The lowest BCUT2D eigenvalue weighted by Gasteiger charge is -2.39. The van der Waals surface area contributed by atoms with Crippen LogP contribution in [0.15, 0.2) is 48.5 Å². The molecule has 3 heteroatoms. The summed E-state index contributed by atoms with van der Waals surface area (Å²) in [5, 5.41) is 4.52. The van der Waals surface area contributed by atoms with Gasteiger partial charge in [-0.15, -0.1) is 0 Å². The predicted molar refractivity (Wildman–Crippen MR) is 101 cm³/mol. The number of halogens is 2. The number of rotatable bonds is 3. The first kappa shape index (κ1) is 16.5. The zero-order chi connectivity index (χ0) is 17.6. The van der Waals surface area contributed by atoms with E-state index in [2.05, 4.69) is 30.3 Å². The third-order valence-electron chi connectivity index (χ3n) is 5.64. The molecule has 130 valence electrons. The molecule has 0 heterocycles. The smallest absolute Gasteiger partial charge is 0.151 e. The normalized spacial score (nSPS) is 23.3. The van der Waals surface area contributed by atoms with Gasteiger partial charge in [-0.05, 0) is 45.8 Å². The molecule has 25 heavy (non-hydrogen) atoms. The fraction of sp³-hybridized carbons (Fsp3) is 0.364. The quantitative estimate of drug-likeness (QED) is 0.561. The van der Waals surface area contributed by atoms with Crippen molar-refractivity contribution in [1.82, 2.24) is 4.90 Å². The second-order valence-corrected chi connectivity index (χ2v) is 6.85. The van der Waals surface area contributed by atoms with Crippen LogP contribution < -0.4 is 0 Å². The number of fused-ring (bicyclic) bond motifs is 5. The highest BCUT2D eigenvalue weighted by atomic mass is 19.2. The average Bonchev–Trinajstić information content (AvgIpc) is 2.65. The summed E-state index contributed by atoms with van der Waals surface area (Å²) in [6.07, 6.45) is -2.76. The molecule has 3 atom stereocenters. The van der Waals surface area contributed by atoms with Crippen LogP contribution in [0.4, 0.5) is 8.78 Å². The Kier molecular flexibility index (Phi) is 4.20. The van der Waals surface area contributed by atoms with Crippen molar-refractivity contribution in [1.29, 1.82) is 0 Å². The van der Waals surface area contributed by atoms with E-state index in [1.54, 1.807) is 0 Å². The lowest BCUT2D eigenvalue weighted by molar-refractivity contribution is 0.0487. The van der Waals surface area contributed by atoms with Gasteiger partial charge in [0, 0.05) is 6.42 Å². The third kappa shape index (κ3) is 2.53. The van der Waals surface area contributed by atoms with Crippen LogP contribution >= 0.6 is 0 Å². The van der Waals surface area contributed by atoms with Crippen molar-refractivity contribution in [2.24, 2.45) is 0 Å². The number of hydrogen-bond donors (Lipinski definition) is 0. The van der Waals surface area contributed by atoms with E-state index in [9.17, 15) is 8.78 Å². The summed E-state index contributed by atoms with van der Waals surface area (Å²) >= 11 is 0. The number of benzene rings is 3. The van der Waals surface area contributed by atoms with E-state index >= 15 is 0 Å². The standard InChI is InChI=1S/C22H23F2N/c1-3-25(4-2)22-18-12-11-16-15-8-6-5-7-14(15)9-10-17(16)19(18)13-20(23)21(22)24/h5-12,20-22H,3-4,13H2,1-2H3. The zero-order valence-corrected chi connectivity index (χ0v) is 14.7. The molecular weight excluding hydrogens is 316 g/mol. The number of hydrogen-bond acceptors (Lipinski definition) is 1. The van der Waals surface area contributed by atoms with Gasteiger partial charge in [0.25, 0.3) is 0 Å². The lowest BCUT2D eigenvalue weighted by atomic mass is 9.81. The zero-order valence-electron chi connectivity index (χ0n) is 14.7. The van der Waals surface area contributed by atoms with Gasteiger partial charge >= 0.3 is 0 Å². The highest BCUT2D eigenvalue weighted by molar-refractivity contribution is 6.08. The fourth-order valence-corrected chi connectivity index (χ4v) is 4.36. The number of alkyl halides is 2. The molecule has 0 N–H and O–H groups in total. The molecule has 3 aromatic carbocycles. The Labute approximate surface area is 147 Å². The van der Waals surface area contributed by atoms with Gasteiger partial charge in [0.2, 0.25) is 0 Å². The largest absolute Gasteiger partial charge is 0.294 e. The van der Waals surface area contributed by atoms with Gasteiger partial charge in [0.15, 0.2) is 6.17 Å². The molecule has 1 aliphatic carbocycles. The molecule has 0 fully saturated rings. The van der Waals surface area contributed by atoms with Crippen molar-refractivity contribution in [3.05, 3.63) is 59.7 Å². The lowest BCUT2D eigenvalue weighted by Crippen LogP contribution is -2.43. The monoisotopic (exact) mass is 339 g/mol. The maximum atomic E-state index is 14.8. The maximum Gasteiger partial charge on any atom is 0.151 e. The highest BCUT2D eigenvalue weighted by Crippen LogP contribution is 2.41. The minimum atomic E-state index is -1.47. The number of nitrogens with zero attached hydrogens (tertiary/aromatic N) is 1. The fourth-order valence-electron chi connectivity index (χ4n) is 4.36. The van der Waals surface area contributed by atoms with Crippen molar-refractivity contribution < 1.29 is 8.78 Å². The second kappa shape index (κ2) is 6.38. The first-order valence-electron chi connectivity index (χ1n) is 9.11. The Morgan fingerprint density at radius 1 is 0.880 bits per heavy atom. The third-order valence-corrected chi connectivity index (χ3v) is 5.64. The van der Waals surface area contributed by atoms with Gasteiger partial charge in [0.1, 0.15) is 6.17 Å². The molecule has 0 saturated heterocycles. The van der Waals surface area contributed by atoms with E-state index < -0.39 is 18.4 Å². The van der Waals surface area contributed by atoms with Gasteiger partial charge in [0.05, 0.1) is 6.04 Å². The molecule has 0 radical (unpaired) electrons. The molecule has 0 bridgehead atoms. The van der Waals surface area contributed by atoms with E-state index in [1.807, 2.05) is 36.9 Å². The van der Waals surface area contributed by atoms with E-state index in [0.717, 1.165) is 21.9 Å². The molecule has 0 aromatic heterocycles. The Morgan fingerprint density at radius 3 is 2.36 bits per heavy atom. The van der Waals surface area contributed by atoms with E-state index in [-0.39, 0.29) is 6.42 Å². The van der Waals surface area contributed by atoms with Crippen LogP contribution in [0, 0.1) is 0 Å². The van der Waals surface area contributed by atoms with Gasteiger partial charge in [-0.3, -0.25) is 4.90 Å². The van der Waals surface area contributed by atoms with E-state index in [1.165, 1.54) is 10.8 Å². The summed E-state index contributed by atoms with van der Waals surface area (Å²) in [7, 11) is 0.